The SMILES string of the molecule is COc1ccc2cc(C(=O)Nc3ccc4c(c3)N(C(=O)c3cccs3)CC4)[nH]c2c1. The summed E-state index contributed by atoms with van der Waals surface area (Å²) in [5, 5.41) is 5.77. The summed E-state index contributed by atoms with van der Waals surface area (Å²) < 4.78 is 5.23. The molecule has 0 spiro atoms. The number of carbonyl (C=O) groups excluding carboxylic acids is 2. The number of rotatable bonds is 4. The summed E-state index contributed by atoms with van der Waals surface area (Å²) in [6.07, 6.45) is 0.810. The number of aromatic amines is 1. The molecular formula is C23H19N3O3S. The zero-order chi connectivity index (χ0) is 20.7. The predicted octanol–water partition coefficient (Wildman–Crippen LogP) is 4.69. The maximum atomic E-state index is 12.8. The highest BCUT2D eigenvalue weighted by atomic mass is 32.1. The number of nitrogens with one attached hydrogen (secondary N) is 2. The smallest absolute Gasteiger partial charge is 0.272 e. The summed E-state index contributed by atoms with van der Waals surface area (Å²) >= 11 is 1.44. The molecule has 2 amide bonds. The van der Waals surface area contributed by atoms with Crippen LogP contribution in [0.15, 0.2) is 60.0 Å². The minimum Gasteiger partial charge on any atom is -0.497 e. The number of ether oxygens (including phenoxy) is 1. The van der Waals surface area contributed by atoms with Crippen LogP contribution in [0.25, 0.3) is 10.9 Å². The molecule has 30 heavy (non-hydrogen) atoms. The van der Waals surface area contributed by atoms with Crippen molar-refractivity contribution in [3.8, 4) is 5.75 Å². The quantitative estimate of drug-likeness (QED) is 0.506. The fraction of sp³-hybridized carbons (Fsp3) is 0.130. The Labute approximate surface area is 177 Å². The van der Waals surface area contributed by atoms with Crippen LogP contribution in [0.3, 0.4) is 0 Å². The molecule has 0 atom stereocenters. The lowest BCUT2D eigenvalue weighted by molar-refractivity contribution is 0.0991. The van der Waals surface area contributed by atoms with Gasteiger partial charge in [0.25, 0.3) is 11.8 Å². The lowest BCUT2D eigenvalue weighted by Crippen LogP contribution is -2.28. The lowest BCUT2D eigenvalue weighted by atomic mass is 10.1. The van der Waals surface area contributed by atoms with Crippen molar-refractivity contribution in [3.05, 3.63) is 76.1 Å². The van der Waals surface area contributed by atoms with E-state index >= 15 is 0 Å². The third-order valence-corrected chi connectivity index (χ3v) is 6.15. The Balaban J connectivity index is 1.39. The summed E-state index contributed by atoms with van der Waals surface area (Å²) in [5.74, 6) is 0.487. The molecule has 0 bridgehead atoms. The maximum absolute atomic E-state index is 12.8. The number of anilines is 2. The Morgan fingerprint density at radius 2 is 2.03 bits per heavy atom. The number of fused-ring (bicyclic) bond motifs is 2. The van der Waals surface area contributed by atoms with Crippen LogP contribution in [0.4, 0.5) is 11.4 Å². The Bertz CT molecular complexity index is 1260. The van der Waals surface area contributed by atoms with Gasteiger partial charge < -0.3 is 19.9 Å². The van der Waals surface area contributed by atoms with Crippen LogP contribution in [-0.4, -0.2) is 30.5 Å². The molecule has 3 heterocycles. The normalized spacial score (nSPS) is 12.8. The molecule has 2 N–H and O–H groups in total. The van der Waals surface area contributed by atoms with Gasteiger partial charge in [-0.1, -0.05) is 12.1 Å². The van der Waals surface area contributed by atoms with E-state index in [1.54, 1.807) is 12.0 Å². The van der Waals surface area contributed by atoms with Crippen molar-refractivity contribution in [2.75, 3.05) is 23.9 Å². The largest absolute Gasteiger partial charge is 0.497 e. The van der Waals surface area contributed by atoms with Gasteiger partial charge in [0.05, 0.1) is 12.0 Å². The van der Waals surface area contributed by atoms with E-state index in [1.165, 1.54) is 11.3 Å². The van der Waals surface area contributed by atoms with E-state index in [1.807, 2.05) is 60.0 Å². The van der Waals surface area contributed by atoms with E-state index in [0.717, 1.165) is 34.3 Å². The Morgan fingerprint density at radius 3 is 2.83 bits per heavy atom. The predicted molar refractivity (Wildman–Crippen MR) is 119 cm³/mol. The van der Waals surface area contributed by atoms with Gasteiger partial charge in [-0.05, 0) is 53.8 Å². The van der Waals surface area contributed by atoms with Gasteiger partial charge in [0.15, 0.2) is 0 Å². The zero-order valence-electron chi connectivity index (χ0n) is 16.3. The van der Waals surface area contributed by atoms with Crippen molar-refractivity contribution in [2.45, 2.75) is 6.42 Å². The number of hydrogen-bond donors (Lipinski definition) is 2. The first-order chi connectivity index (χ1) is 14.6. The second-order valence-electron chi connectivity index (χ2n) is 7.12. The van der Waals surface area contributed by atoms with Gasteiger partial charge in [0, 0.05) is 34.9 Å². The second-order valence-corrected chi connectivity index (χ2v) is 8.07. The van der Waals surface area contributed by atoms with Crippen molar-refractivity contribution in [2.24, 2.45) is 0 Å². The summed E-state index contributed by atoms with van der Waals surface area (Å²) in [7, 11) is 1.61. The number of thiophene rings is 1. The van der Waals surface area contributed by atoms with Crippen LogP contribution in [0.1, 0.15) is 25.7 Å². The van der Waals surface area contributed by atoms with Crippen LogP contribution in [0.5, 0.6) is 5.75 Å². The van der Waals surface area contributed by atoms with Crippen LogP contribution < -0.4 is 15.0 Å². The Kier molecular flexibility index (Phi) is 4.52. The molecule has 150 valence electrons. The van der Waals surface area contributed by atoms with Gasteiger partial charge in [-0.25, -0.2) is 0 Å². The van der Waals surface area contributed by atoms with Crippen LogP contribution in [-0.2, 0) is 6.42 Å². The number of nitrogens with zero attached hydrogens (tertiary/aromatic N) is 1. The monoisotopic (exact) mass is 417 g/mol. The maximum Gasteiger partial charge on any atom is 0.272 e. The topological polar surface area (TPSA) is 74.4 Å². The number of methoxy groups -OCH3 is 1. The van der Waals surface area contributed by atoms with Crippen LogP contribution >= 0.6 is 11.3 Å². The van der Waals surface area contributed by atoms with Gasteiger partial charge >= 0.3 is 0 Å². The molecule has 2 aromatic heterocycles. The summed E-state index contributed by atoms with van der Waals surface area (Å²) in [4.78, 5) is 31.2. The molecule has 0 radical (unpaired) electrons. The third kappa shape index (κ3) is 3.23. The highest BCUT2D eigenvalue weighted by molar-refractivity contribution is 7.12. The molecule has 5 rings (SSSR count). The van der Waals surface area contributed by atoms with Gasteiger partial charge in [-0.15, -0.1) is 11.3 Å². The highest BCUT2D eigenvalue weighted by Gasteiger charge is 2.26. The van der Waals surface area contributed by atoms with E-state index in [0.29, 0.717) is 22.8 Å². The number of amides is 2. The zero-order valence-corrected chi connectivity index (χ0v) is 17.1. The summed E-state index contributed by atoms with van der Waals surface area (Å²) in [5.41, 5.74) is 3.91. The number of H-pyrrole nitrogens is 1. The Hall–Kier alpha value is -3.58. The molecule has 1 aliphatic rings. The van der Waals surface area contributed by atoms with Gasteiger partial charge in [-0.2, -0.15) is 0 Å². The van der Waals surface area contributed by atoms with E-state index in [-0.39, 0.29) is 11.8 Å². The summed E-state index contributed by atoms with van der Waals surface area (Å²) in [6.45, 7) is 0.646. The molecule has 7 heteroatoms. The molecule has 2 aromatic carbocycles. The number of aromatic nitrogens is 1. The van der Waals surface area contributed by atoms with E-state index in [2.05, 4.69) is 10.3 Å². The van der Waals surface area contributed by atoms with Crippen LogP contribution in [0.2, 0.25) is 0 Å². The minimum atomic E-state index is -0.237. The van der Waals surface area contributed by atoms with E-state index in [9.17, 15) is 9.59 Å². The van der Waals surface area contributed by atoms with Crippen molar-refractivity contribution in [1.82, 2.24) is 4.98 Å². The van der Waals surface area contributed by atoms with Gasteiger partial charge in [-0.3, -0.25) is 9.59 Å². The molecule has 0 fully saturated rings. The fourth-order valence-corrected chi connectivity index (χ4v) is 4.43. The highest BCUT2D eigenvalue weighted by Crippen LogP contribution is 2.33. The molecule has 0 unspecified atom stereocenters. The average Bonchev–Trinajstić information content (AvgIpc) is 3.51. The molecule has 0 saturated heterocycles. The van der Waals surface area contributed by atoms with Gasteiger partial charge in [0.2, 0.25) is 0 Å². The molecule has 4 aromatic rings. The molecule has 0 aliphatic carbocycles. The summed E-state index contributed by atoms with van der Waals surface area (Å²) in [6, 6.07) is 16.9. The van der Waals surface area contributed by atoms with Crippen molar-refractivity contribution in [1.29, 1.82) is 0 Å². The standard InChI is InChI=1S/C23H19N3O3S/c1-29-17-7-5-15-11-19(25-18(15)13-17)22(27)24-16-6-4-14-8-9-26(20(14)12-16)23(28)21-3-2-10-30-21/h2-7,10-13,25H,8-9H2,1H3,(H,24,27). The minimum absolute atomic E-state index is 0.00297. The van der Waals surface area contributed by atoms with Crippen molar-refractivity contribution >= 4 is 45.4 Å². The van der Waals surface area contributed by atoms with E-state index < -0.39 is 0 Å². The second kappa shape index (κ2) is 7.35. The number of benzene rings is 2. The third-order valence-electron chi connectivity index (χ3n) is 5.29. The molecule has 6 nitrogen and oxygen atoms in total. The first-order valence-electron chi connectivity index (χ1n) is 9.59. The number of carbonyl (C=O) groups is 2. The molecule has 1 aliphatic heterocycles. The Morgan fingerprint density at radius 1 is 1.13 bits per heavy atom. The molecular weight excluding hydrogens is 398 g/mol. The van der Waals surface area contributed by atoms with Gasteiger partial charge in [0.1, 0.15) is 11.4 Å². The van der Waals surface area contributed by atoms with Crippen molar-refractivity contribution < 1.29 is 14.3 Å². The molecule has 0 saturated carbocycles. The average molecular weight is 417 g/mol. The first-order valence-corrected chi connectivity index (χ1v) is 10.5. The van der Waals surface area contributed by atoms with Crippen LogP contribution in [0, 0.1) is 0 Å². The number of hydrogen-bond acceptors (Lipinski definition) is 4. The first kappa shape index (κ1) is 18.4. The van der Waals surface area contributed by atoms with E-state index in [4.69, 9.17) is 4.74 Å². The fourth-order valence-electron chi connectivity index (χ4n) is 3.76. The lowest BCUT2D eigenvalue weighted by Gasteiger charge is -2.17. The van der Waals surface area contributed by atoms with Crippen molar-refractivity contribution in [3.63, 3.8) is 0 Å².